The number of benzene rings is 2. The van der Waals surface area contributed by atoms with Gasteiger partial charge in [0.15, 0.2) is 0 Å². The van der Waals surface area contributed by atoms with Gasteiger partial charge in [-0.05, 0) is 62.2 Å². The van der Waals surface area contributed by atoms with Crippen molar-refractivity contribution in [2.75, 3.05) is 12.4 Å². The summed E-state index contributed by atoms with van der Waals surface area (Å²) in [5.41, 5.74) is 3.38. The Morgan fingerprint density at radius 2 is 1.81 bits per heavy atom. The lowest BCUT2D eigenvalue weighted by atomic mass is 10.1. The number of fused-ring (bicyclic) bond motifs is 1. The van der Waals surface area contributed by atoms with Crippen LogP contribution in [0.2, 0.25) is 0 Å². The molecule has 0 saturated carbocycles. The number of pyridine rings is 1. The maximum Gasteiger partial charge on any atom is 0.261 e. The second-order valence-electron chi connectivity index (χ2n) is 6.37. The predicted octanol–water partition coefficient (Wildman–Crippen LogP) is 3.90. The van der Waals surface area contributed by atoms with Gasteiger partial charge in [0.25, 0.3) is 5.91 Å². The average molecular weight is 350 g/mol. The number of methoxy groups -OCH3 is 1. The summed E-state index contributed by atoms with van der Waals surface area (Å²) in [7, 11) is 1.55. The van der Waals surface area contributed by atoms with Crippen LogP contribution < -0.4 is 15.5 Å². The van der Waals surface area contributed by atoms with Gasteiger partial charge in [0.05, 0.1) is 18.0 Å². The summed E-state index contributed by atoms with van der Waals surface area (Å²) < 4.78 is 7.12. The number of anilines is 1. The number of nitrogens with zero attached hydrogens (tertiary/aromatic N) is 1. The molecule has 0 aliphatic carbocycles. The fourth-order valence-electron chi connectivity index (χ4n) is 3.17. The van der Waals surface area contributed by atoms with E-state index in [0.717, 1.165) is 16.6 Å². The first-order valence-electron chi connectivity index (χ1n) is 8.53. The summed E-state index contributed by atoms with van der Waals surface area (Å²) in [5.74, 6) is 0.177. The van der Waals surface area contributed by atoms with Gasteiger partial charge in [-0.2, -0.15) is 0 Å². The Bertz CT molecular complexity index is 1030. The minimum absolute atomic E-state index is 0.117. The molecule has 0 spiro atoms. The van der Waals surface area contributed by atoms with E-state index in [0.29, 0.717) is 23.4 Å². The van der Waals surface area contributed by atoms with E-state index >= 15 is 0 Å². The Hall–Kier alpha value is -3.08. The lowest BCUT2D eigenvalue weighted by Crippen LogP contribution is -2.24. The van der Waals surface area contributed by atoms with Crippen LogP contribution in [-0.2, 0) is 6.54 Å². The van der Waals surface area contributed by atoms with Crippen molar-refractivity contribution in [3.8, 4) is 5.75 Å². The number of hydrogen-bond donors (Lipinski definition) is 1. The van der Waals surface area contributed by atoms with Crippen LogP contribution in [0.4, 0.5) is 5.69 Å². The van der Waals surface area contributed by atoms with Crippen LogP contribution in [0, 0.1) is 13.8 Å². The van der Waals surface area contributed by atoms with Crippen LogP contribution in [0.25, 0.3) is 10.9 Å². The summed E-state index contributed by atoms with van der Waals surface area (Å²) in [5, 5.41) is 3.31. The van der Waals surface area contributed by atoms with E-state index < -0.39 is 5.91 Å². The number of nitrogens with one attached hydrogen (secondary N) is 1. The molecule has 0 aliphatic rings. The summed E-state index contributed by atoms with van der Waals surface area (Å²) in [6.45, 7) is 6.55. The maximum absolute atomic E-state index is 12.9. The highest BCUT2D eigenvalue weighted by molar-refractivity contribution is 6.05. The minimum Gasteiger partial charge on any atom is -0.497 e. The van der Waals surface area contributed by atoms with Crippen LogP contribution in [-0.4, -0.2) is 17.6 Å². The molecule has 0 fully saturated rings. The Morgan fingerprint density at radius 1 is 1.12 bits per heavy atom. The normalized spacial score (nSPS) is 10.8. The fraction of sp³-hybridized carbons (Fsp3) is 0.238. The van der Waals surface area contributed by atoms with Gasteiger partial charge in [-0.25, -0.2) is 0 Å². The number of amides is 1. The highest BCUT2D eigenvalue weighted by Crippen LogP contribution is 2.20. The number of carbonyl (C=O) groups excluding carboxylic acids is 1. The predicted molar refractivity (Wildman–Crippen MR) is 104 cm³/mol. The van der Waals surface area contributed by atoms with Crippen LogP contribution in [0.5, 0.6) is 5.75 Å². The molecule has 0 saturated heterocycles. The third-order valence-corrected chi connectivity index (χ3v) is 4.35. The average Bonchev–Trinajstić information content (AvgIpc) is 2.60. The largest absolute Gasteiger partial charge is 0.497 e. The van der Waals surface area contributed by atoms with Crippen molar-refractivity contribution in [1.29, 1.82) is 0 Å². The molecule has 134 valence electrons. The Morgan fingerprint density at radius 3 is 2.42 bits per heavy atom. The Labute approximate surface area is 152 Å². The third kappa shape index (κ3) is 3.33. The zero-order valence-corrected chi connectivity index (χ0v) is 15.4. The van der Waals surface area contributed by atoms with E-state index in [1.165, 1.54) is 0 Å². The van der Waals surface area contributed by atoms with Crippen molar-refractivity contribution in [2.24, 2.45) is 0 Å². The van der Waals surface area contributed by atoms with Crippen molar-refractivity contribution < 1.29 is 9.53 Å². The van der Waals surface area contributed by atoms with Crippen molar-refractivity contribution in [3.05, 3.63) is 69.5 Å². The maximum atomic E-state index is 12.9. The minimum atomic E-state index is -0.410. The van der Waals surface area contributed by atoms with Gasteiger partial charge >= 0.3 is 0 Å². The molecular formula is C21H22N2O3. The monoisotopic (exact) mass is 350 g/mol. The van der Waals surface area contributed by atoms with Gasteiger partial charge < -0.3 is 14.6 Å². The first kappa shape index (κ1) is 17.7. The van der Waals surface area contributed by atoms with E-state index in [-0.39, 0.29) is 11.0 Å². The molecule has 3 rings (SSSR count). The molecule has 1 aromatic heterocycles. The second kappa shape index (κ2) is 7.04. The van der Waals surface area contributed by atoms with Crippen LogP contribution in [0.3, 0.4) is 0 Å². The molecule has 2 aromatic carbocycles. The van der Waals surface area contributed by atoms with Crippen molar-refractivity contribution in [3.63, 3.8) is 0 Å². The van der Waals surface area contributed by atoms with E-state index in [1.807, 2.05) is 55.7 Å². The summed E-state index contributed by atoms with van der Waals surface area (Å²) in [4.78, 5) is 25.7. The van der Waals surface area contributed by atoms with Gasteiger partial charge in [-0.15, -0.1) is 0 Å². The Balaban J connectivity index is 2.10. The molecule has 26 heavy (non-hydrogen) atoms. The van der Waals surface area contributed by atoms with Crippen LogP contribution >= 0.6 is 0 Å². The molecule has 0 atom stereocenters. The number of aryl methyl sites for hydroxylation is 3. The quantitative estimate of drug-likeness (QED) is 0.776. The summed E-state index contributed by atoms with van der Waals surface area (Å²) in [6.07, 6.45) is 1.62. The molecule has 0 aliphatic heterocycles. The summed E-state index contributed by atoms with van der Waals surface area (Å²) >= 11 is 0. The Kier molecular flexibility index (Phi) is 4.80. The number of carbonyl (C=O) groups is 1. The highest BCUT2D eigenvalue weighted by atomic mass is 16.5. The zero-order chi connectivity index (χ0) is 18.8. The lowest BCUT2D eigenvalue weighted by Gasteiger charge is -2.13. The SMILES string of the molecule is CCn1cc(C(=O)Nc2cc(C)cc(C)c2)c(=O)c2cc(OC)ccc21. The topological polar surface area (TPSA) is 60.3 Å². The van der Waals surface area contributed by atoms with Gasteiger partial charge in [-0.3, -0.25) is 9.59 Å². The third-order valence-electron chi connectivity index (χ3n) is 4.35. The van der Waals surface area contributed by atoms with E-state index in [4.69, 9.17) is 4.74 Å². The molecule has 0 bridgehead atoms. The van der Waals surface area contributed by atoms with Crippen molar-refractivity contribution >= 4 is 22.5 Å². The van der Waals surface area contributed by atoms with E-state index in [2.05, 4.69) is 5.32 Å². The first-order valence-corrected chi connectivity index (χ1v) is 8.53. The molecule has 5 heteroatoms. The molecule has 0 radical (unpaired) electrons. The number of aromatic nitrogens is 1. The number of ether oxygens (including phenoxy) is 1. The standard InChI is InChI=1S/C21H22N2O3/c1-5-23-12-18(20(24)17-11-16(26-4)6-7-19(17)23)21(25)22-15-9-13(2)8-14(3)10-15/h6-12H,5H2,1-4H3,(H,22,25). The molecule has 1 heterocycles. The molecule has 1 amide bonds. The molecule has 3 aromatic rings. The van der Waals surface area contributed by atoms with Crippen LogP contribution in [0.1, 0.15) is 28.4 Å². The number of hydrogen-bond acceptors (Lipinski definition) is 3. The fourth-order valence-corrected chi connectivity index (χ4v) is 3.17. The highest BCUT2D eigenvalue weighted by Gasteiger charge is 2.16. The van der Waals surface area contributed by atoms with Crippen molar-refractivity contribution in [1.82, 2.24) is 4.57 Å². The number of rotatable bonds is 4. The van der Waals surface area contributed by atoms with Gasteiger partial charge in [0, 0.05) is 18.4 Å². The van der Waals surface area contributed by atoms with Gasteiger partial charge in [0.1, 0.15) is 11.3 Å². The molecular weight excluding hydrogens is 328 g/mol. The van der Waals surface area contributed by atoms with E-state index in [9.17, 15) is 9.59 Å². The van der Waals surface area contributed by atoms with E-state index in [1.54, 1.807) is 19.4 Å². The first-order chi connectivity index (χ1) is 12.4. The summed E-state index contributed by atoms with van der Waals surface area (Å²) in [6, 6.07) is 11.1. The lowest BCUT2D eigenvalue weighted by molar-refractivity contribution is 0.102. The smallest absolute Gasteiger partial charge is 0.261 e. The van der Waals surface area contributed by atoms with Crippen LogP contribution in [0.15, 0.2) is 47.4 Å². The van der Waals surface area contributed by atoms with Gasteiger partial charge in [-0.1, -0.05) is 6.07 Å². The molecule has 5 nitrogen and oxygen atoms in total. The van der Waals surface area contributed by atoms with Crippen molar-refractivity contribution in [2.45, 2.75) is 27.3 Å². The molecule has 0 unspecified atom stereocenters. The van der Waals surface area contributed by atoms with Gasteiger partial charge in [0.2, 0.25) is 5.43 Å². The second-order valence-corrected chi connectivity index (χ2v) is 6.37. The zero-order valence-electron chi connectivity index (χ0n) is 15.4. The molecule has 1 N–H and O–H groups in total.